The average molecular weight is 416 g/mol. The Bertz CT molecular complexity index is 828. The highest BCUT2D eigenvalue weighted by Crippen LogP contribution is 2.14. The minimum absolute atomic E-state index is 0.0332. The van der Waals surface area contributed by atoms with Crippen LogP contribution in [0.2, 0.25) is 0 Å². The second-order valence-electron chi connectivity index (χ2n) is 6.62. The van der Waals surface area contributed by atoms with Crippen LogP contribution in [0, 0.1) is 5.92 Å². The van der Waals surface area contributed by atoms with Crippen molar-refractivity contribution in [1.29, 1.82) is 0 Å². The number of hydrogen-bond acceptors (Lipinski definition) is 5. The predicted molar refractivity (Wildman–Crippen MR) is 115 cm³/mol. The molecule has 2 aromatic carbocycles. The Hall–Kier alpha value is -3.13. The van der Waals surface area contributed by atoms with Gasteiger partial charge in [-0.05, 0) is 54.9 Å². The number of hydrazine groups is 1. The number of amides is 2. The summed E-state index contributed by atoms with van der Waals surface area (Å²) >= 11 is 5.03. The smallest absolute Gasteiger partial charge is 0.276 e. The summed E-state index contributed by atoms with van der Waals surface area (Å²) in [7, 11) is 0. The molecule has 0 atom stereocenters. The molecule has 2 amide bonds. The van der Waals surface area contributed by atoms with E-state index in [4.69, 9.17) is 21.7 Å². The molecule has 0 radical (unpaired) electrons. The lowest BCUT2D eigenvalue weighted by Gasteiger charge is -2.12. The minimum atomic E-state index is -0.439. The van der Waals surface area contributed by atoms with E-state index in [1.165, 1.54) is 0 Å². The molecule has 2 aromatic rings. The fraction of sp³-hybridized carbons (Fsp3) is 0.286. The molecule has 0 heterocycles. The molecule has 0 aliphatic heterocycles. The Balaban J connectivity index is 1.74. The van der Waals surface area contributed by atoms with Gasteiger partial charge >= 0.3 is 0 Å². The van der Waals surface area contributed by atoms with Gasteiger partial charge < -0.3 is 9.47 Å². The third kappa shape index (κ3) is 8.61. The molecule has 154 valence electrons. The lowest BCUT2D eigenvalue weighted by Crippen LogP contribution is -2.49. The standard InChI is InChI=1S/C21H25N3O4S/c1-15(2)11-12-27-18-10-6-7-16(13-18)20(26)22-21(29)24-23-19(25)14-28-17-8-4-3-5-9-17/h3-10,13,15H,11-12,14H2,1-2H3,(H,23,25)(H2,22,24,26,29). The molecule has 2 rings (SSSR count). The summed E-state index contributed by atoms with van der Waals surface area (Å²) < 4.78 is 11.0. The van der Waals surface area contributed by atoms with Crippen LogP contribution in [0.5, 0.6) is 11.5 Å². The molecule has 7 nitrogen and oxygen atoms in total. The topological polar surface area (TPSA) is 88.7 Å². The summed E-state index contributed by atoms with van der Waals surface area (Å²) in [4.78, 5) is 24.1. The first-order valence-corrected chi connectivity index (χ1v) is 9.65. The molecule has 8 heteroatoms. The number of ether oxygens (including phenoxy) is 2. The van der Waals surface area contributed by atoms with E-state index in [0.717, 1.165) is 6.42 Å². The molecular weight excluding hydrogens is 390 g/mol. The molecule has 3 N–H and O–H groups in total. The Labute approximate surface area is 175 Å². The molecule has 0 aliphatic rings. The van der Waals surface area contributed by atoms with Crippen molar-refractivity contribution in [3.8, 4) is 11.5 Å². The van der Waals surface area contributed by atoms with Gasteiger partial charge in [0.15, 0.2) is 11.7 Å². The van der Waals surface area contributed by atoms with Gasteiger partial charge in [0, 0.05) is 5.56 Å². The molecule has 0 saturated heterocycles. The number of carbonyl (C=O) groups is 2. The van der Waals surface area contributed by atoms with Gasteiger partial charge in [-0.15, -0.1) is 0 Å². The van der Waals surface area contributed by atoms with E-state index in [-0.39, 0.29) is 11.7 Å². The number of rotatable bonds is 8. The van der Waals surface area contributed by atoms with Crippen molar-refractivity contribution in [3.63, 3.8) is 0 Å². The highest BCUT2D eigenvalue weighted by molar-refractivity contribution is 7.80. The summed E-state index contributed by atoms with van der Waals surface area (Å²) in [6, 6.07) is 15.8. The Kier molecular flexibility index (Phi) is 8.91. The highest BCUT2D eigenvalue weighted by Gasteiger charge is 2.10. The normalized spacial score (nSPS) is 10.2. The van der Waals surface area contributed by atoms with Crippen LogP contribution in [0.25, 0.3) is 0 Å². The van der Waals surface area contributed by atoms with E-state index in [1.54, 1.807) is 48.5 Å². The molecular formula is C21H25N3O4S. The van der Waals surface area contributed by atoms with Crippen LogP contribution in [0.3, 0.4) is 0 Å². The fourth-order valence-corrected chi connectivity index (χ4v) is 2.32. The van der Waals surface area contributed by atoms with Crippen molar-refractivity contribution >= 4 is 29.1 Å². The third-order valence-corrected chi connectivity index (χ3v) is 3.92. The SMILES string of the molecule is CC(C)CCOc1cccc(C(=O)NC(=S)NNC(=O)COc2ccccc2)c1. The fourth-order valence-electron chi connectivity index (χ4n) is 2.17. The van der Waals surface area contributed by atoms with Crippen LogP contribution in [0.4, 0.5) is 0 Å². The number of benzene rings is 2. The maximum Gasteiger partial charge on any atom is 0.276 e. The summed E-state index contributed by atoms with van der Waals surface area (Å²) in [5.74, 6) is 0.883. The first-order chi connectivity index (χ1) is 13.9. The summed E-state index contributed by atoms with van der Waals surface area (Å²) in [5.41, 5.74) is 5.23. The van der Waals surface area contributed by atoms with Gasteiger partial charge in [0.05, 0.1) is 6.61 Å². The summed E-state index contributed by atoms with van der Waals surface area (Å²) in [6.45, 7) is 4.63. The van der Waals surface area contributed by atoms with Crippen molar-refractivity contribution in [2.24, 2.45) is 5.92 Å². The predicted octanol–water partition coefficient (Wildman–Crippen LogP) is 2.83. The van der Waals surface area contributed by atoms with Crippen molar-refractivity contribution in [1.82, 2.24) is 16.2 Å². The van der Waals surface area contributed by atoms with Gasteiger partial charge in [-0.2, -0.15) is 0 Å². The Morgan fingerprint density at radius 3 is 2.41 bits per heavy atom. The molecule has 29 heavy (non-hydrogen) atoms. The van der Waals surface area contributed by atoms with E-state index in [2.05, 4.69) is 30.0 Å². The van der Waals surface area contributed by atoms with Crippen molar-refractivity contribution in [2.75, 3.05) is 13.2 Å². The molecule has 0 bridgehead atoms. The second kappa shape index (κ2) is 11.7. The maximum atomic E-state index is 12.3. The maximum absolute atomic E-state index is 12.3. The first-order valence-electron chi connectivity index (χ1n) is 9.25. The monoisotopic (exact) mass is 415 g/mol. The Morgan fingerprint density at radius 1 is 0.966 bits per heavy atom. The summed E-state index contributed by atoms with van der Waals surface area (Å²) in [5, 5.41) is 2.46. The molecule has 0 aliphatic carbocycles. The zero-order chi connectivity index (χ0) is 21.1. The van der Waals surface area contributed by atoms with Crippen LogP contribution in [-0.2, 0) is 4.79 Å². The average Bonchev–Trinajstić information content (AvgIpc) is 2.71. The molecule has 0 aromatic heterocycles. The highest BCUT2D eigenvalue weighted by atomic mass is 32.1. The van der Waals surface area contributed by atoms with E-state index in [0.29, 0.717) is 29.6 Å². The van der Waals surface area contributed by atoms with Crippen LogP contribution < -0.4 is 25.6 Å². The Morgan fingerprint density at radius 2 is 1.69 bits per heavy atom. The van der Waals surface area contributed by atoms with Gasteiger partial charge in [-0.1, -0.05) is 38.1 Å². The first kappa shape index (κ1) is 22.2. The lowest BCUT2D eigenvalue weighted by molar-refractivity contribution is -0.123. The van der Waals surface area contributed by atoms with E-state index in [1.807, 2.05) is 6.07 Å². The van der Waals surface area contributed by atoms with Gasteiger partial charge in [-0.3, -0.25) is 25.8 Å². The third-order valence-electron chi connectivity index (χ3n) is 3.72. The zero-order valence-electron chi connectivity index (χ0n) is 16.4. The quantitative estimate of drug-likeness (QED) is 0.454. The molecule has 0 unspecified atom stereocenters. The molecule has 0 saturated carbocycles. The van der Waals surface area contributed by atoms with Crippen molar-refractivity contribution in [2.45, 2.75) is 20.3 Å². The number of hydrogen-bond donors (Lipinski definition) is 3. The van der Waals surface area contributed by atoms with Gasteiger partial charge in [0.2, 0.25) is 0 Å². The second-order valence-corrected chi connectivity index (χ2v) is 7.03. The molecule has 0 spiro atoms. The van der Waals surface area contributed by atoms with Crippen molar-refractivity contribution in [3.05, 3.63) is 60.2 Å². The van der Waals surface area contributed by atoms with Crippen LogP contribution in [0.15, 0.2) is 54.6 Å². The largest absolute Gasteiger partial charge is 0.494 e. The lowest BCUT2D eigenvalue weighted by atomic mass is 10.1. The van der Waals surface area contributed by atoms with E-state index >= 15 is 0 Å². The van der Waals surface area contributed by atoms with Crippen molar-refractivity contribution < 1.29 is 19.1 Å². The van der Waals surface area contributed by atoms with Crippen LogP contribution >= 0.6 is 12.2 Å². The number of para-hydroxylation sites is 1. The number of nitrogens with one attached hydrogen (secondary N) is 3. The zero-order valence-corrected chi connectivity index (χ0v) is 17.3. The minimum Gasteiger partial charge on any atom is -0.494 e. The summed E-state index contributed by atoms with van der Waals surface area (Å²) in [6.07, 6.45) is 0.929. The van der Waals surface area contributed by atoms with E-state index < -0.39 is 11.8 Å². The van der Waals surface area contributed by atoms with Gasteiger partial charge in [0.1, 0.15) is 11.5 Å². The van der Waals surface area contributed by atoms with Crippen LogP contribution in [0.1, 0.15) is 30.6 Å². The van der Waals surface area contributed by atoms with Gasteiger partial charge in [-0.25, -0.2) is 0 Å². The number of carbonyl (C=O) groups excluding carboxylic acids is 2. The van der Waals surface area contributed by atoms with Gasteiger partial charge in [0.25, 0.3) is 11.8 Å². The van der Waals surface area contributed by atoms with E-state index in [9.17, 15) is 9.59 Å². The van der Waals surface area contributed by atoms with Crippen LogP contribution in [-0.4, -0.2) is 30.1 Å². The number of thiocarbonyl (C=S) groups is 1. The molecule has 0 fully saturated rings.